The Kier molecular flexibility index (Phi) is 17.9. The lowest BCUT2D eigenvalue weighted by molar-refractivity contribution is -0.135. The van der Waals surface area contributed by atoms with Crippen LogP contribution in [0.4, 0.5) is 9.59 Å². The smallest absolute Gasteiger partial charge is 0.407 e. The summed E-state index contributed by atoms with van der Waals surface area (Å²) in [6.07, 6.45) is 4.57. The van der Waals surface area contributed by atoms with Gasteiger partial charge in [0.25, 0.3) is 0 Å². The predicted molar refractivity (Wildman–Crippen MR) is 168 cm³/mol. The first-order valence-electron chi connectivity index (χ1n) is 15.7. The summed E-state index contributed by atoms with van der Waals surface area (Å²) in [7, 11) is 0. The number of hydrogen-bond donors (Lipinski definition) is 2. The van der Waals surface area contributed by atoms with Crippen LogP contribution in [0.3, 0.4) is 0 Å². The third kappa shape index (κ3) is 15.4. The van der Waals surface area contributed by atoms with Crippen molar-refractivity contribution in [3.05, 3.63) is 16.1 Å². The van der Waals surface area contributed by atoms with Crippen LogP contribution in [0.1, 0.15) is 128 Å². The normalized spacial score (nSPS) is 12.8. The van der Waals surface area contributed by atoms with Gasteiger partial charge in [-0.3, -0.25) is 4.79 Å². The summed E-state index contributed by atoms with van der Waals surface area (Å²) >= 11 is 1.21. The second kappa shape index (κ2) is 20.1. The number of nitrogens with zero attached hydrogens (tertiary/aromatic N) is 2. The van der Waals surface area contributed by atoms with E-state index in [1.807, 2.05) is 4.90 Å². The Bertz CT molecular complexity index is 993. The molecule has 1 aromatic heterocycles. The summed E-state index contributed by atoms with van der Waals surface area (Å²) in [5.74, 6) is -0.373. The molecule has 0 radical (unpaired) electrons. The number of nitrogens with one attached hydrogen (secondary N) is 2. The van der Waals surface area contributed by atoms with E-state index in [1.54, 1.807) is 33.1 Å². The Morgan fingerprint density at radius 2 is 1.60 bits per heavy atom. The number of alkyl carbamates (subject to hydrolysis) is 2. The largest absolute Gasteiger partial charge is 0.461 e. The zero-order valence-corrected chi connectivity index (χ0v) is 28.3. The molecule has 0 aliphatic heterocycles. The number of carbonyl (C=O) groups excluding carboxylic acids is 4. The summed E-state index contributed by atoms with van der Waals surface area (Å²) < 4.78 is 16.2. The van der Waals surface area contributed by atoms with Crippen LogP contribution in [-0.4, -0.2) is 71.8 Å². The highest BCUT2D eigenvalue weighted by atomic mass is 32.1. The fourth-order valence-electron chi connectivity index (χ4n) is 4.38. The standard InChI is InChI=1S/C31H54N4O7S/c1-9-12-14-15-19-35(26(36)16-13-10-2)24(22(4)5)20-25(27-34-23(21-43-27)28(37)40-11-3)41-29(38)32-17-18-33-30(39)42-31(6,7)8/h21-22,24-25H,9-20H2,1-8H3,(H,32,38)(H,33,39). The van der Waals surface area contributed by atoms with Crippen molar-refractivity contribution in [2.75, 3.05) is 26.2 Å². The number of thiazole rings is 1. The number of ether oxygens (including phenoxy) is 3. The van der Waals surface area contributed by atoms with Gasteiger partial charge < -0.3 is 29.7 Å². The molecule has 0 fully saturated rings. The summed E-state index contributed by atoms with van der Waals surface area (Å²) in [6.45, 7) is 16.5. The average Bonchev–Trinajstić information content (AvgIpc) is 3.42. The molecule has 1 heterocycles. The van der Waals surface area contributed by atoms with Crippen molar-refractivity contribution < 1.29 is 33.4 Å². The molecule has 3 amide bonds. The Morgan fingerprint density at radius 3 is 2.19 bits per heavy atom. The van der Waals surface area contributed by atoms with Crippen LogP contribution in [0.25, 0.3) is 0 Å². The minimum Gasteiger partial charge on any atom is -0.461 e. The molecular formula is C31H54N4O7S. The van der Waals surface area contributed by atoms with Gasteiger partial charge >= 0.3 is 18.2 Å². The molecule has 0 saturated heterocycles. The van der Waals surface area contributed by atoms with E-state index in [1.165, 1.54) is 11.3 Å². The predicted octanol–water partition coefficient (Wildman–Crippen LogP) is 6.63. The van der Waals surface area contributed by atoms with Crippen LogP contribution in [0.15, 0.2) is 5.38 Å². The molecule has 246 valence electrons. The summed E-state index contributed by atoms with van der Waals surface area (Å²) in [5, 5.41) is 7.28. The molecule has 1 rings (SSSR count). The lowest BCUT2D eigenvalue weighted by atomic mass is 9.95. The number of esters is 1. The van der Waals surface area contributed by atoms with Gasteiger partial charge in [0.15, 0.2) is 11.8 Å². The van der Waals surface area contributed by atoms with Crippen LogP contribution in [0.2, 0.25) is 0 Å². The Morgan fingerprint density at radius 1 is 0.953 bits per heavy atom. The van der Waals surface area contributed by atoms with Gasteiger partial charge in [-0.25, -0.2) is 19.4 Å². The van der Waals surface area contributed by atoms with Gasteiger partial charge in [-0.1, -0.05) is 53.4 Å². The maximum atomic E-state index is 13.4. The third-order valence-electron chi connectivity index (χ3n) is 6.54. The van der Waals surface area contributed by atoms with Gasteiger partial charge in [0.1, 0.15) is 10.6 Å². The summed E-state index contributed by atoms with van der Waals surface area (Å²) in [5.41, 5.74) is -0.483. The highest BCUT2D eigenvalue weighted by Crippen LogP contribution is 2.31. The molecular weight excluding hydrogens is 572 g/mol. The van der Waals surface area contributed by atoms with Crippen molar-refractivity contribution in [1.29, 1.82) is 0 Å². The highest BCUT2D eigenvalue weighted by Gasteiger charge is 2.32. The van der Waals surface area contributed by atoms with Crippen molar-refractivity contribution in [2.45, 2.75) is 125 Å². The molecule has 0 bridgehead atoms. The molecule has 0 spiro atoms. The number of carbonyl (C=O) groups is 4. The van der Waals surface area contributed by atoms with E-state index >= 15 is 0 Å². The number of aromatic nitrogens is 1. The van der Waals surface area contributed by atoms with Crippen LogP contribution in [0.5, 0.6) is 0 Å². The number of amides is 3. The number of rotatable bonds is 19. The maximum absolute atomic E-state index is 13.4. The monoisotopic (exact) mass is 626 g/mol. The molecule has 11 nitrogen and oxygen atoms in total. The van der Waals surface area contributed by atoms with E-state index in [-0.39, 0.29) is 43.3 Å². The van der Waals surface area contributed by atoms with Crippen molar-refractivity contribution >= 4 is 35.4 Å². The first kappa shape index (κ1) is 38.1. The van der Waals surface area contributed by atoms with Crippen LogP contribution in [0, 0.1) is 5.92 Å². The number of hydrogen-bond acceptors (Lipinski definition) is 9. The molecule has 2 unspecified atom stereocenters. The van der Waals surface area contributed by atoms with E-state index in [2.05, 4.69) is 43.3 Å². The molecule has 0 aromatic carbocycles. The third-order valence-corrected chi connectivity index (χ3v) is 7.47. The minimum atomic E-state index is -0.809. The number of unbranched alkanes of at least 4 members (excludes halogenated alkanes) is 4. The van der Waals surface area contributed by atoms with E-state index in [9.17, 15) is 19.2 Å². The van der Waals surface area contributed by atoms with Gasteiger partial charge in [-0.05, 0) is 46.5 Å². The first-order valence-corrected chi connectivity index (χ1v) is 16.5. The lowest BCUT2D eigenvalue weighted by Gasteiger charge is -2.36. The molecule has 0 saturated carbocycles. The van der Waals surface area contributed by atoms with E-state index in [4.69, 9.17) is 14.2 Å². The van der Waals surface area contributed by atoms with Crippen molar-refractivity contribution in [3.63, 3.8) is 0 Å². The summed E-state index contributed by atoms with van der Waals surface area (Å²) in [4.78, 5) is 57.0. The fraction of sp³-hybridized carbons (Fsp3) is 0.774. The molecule has 2 N–H and O–H groups in total. The van der Waals surface area contributed by atoms with Crippen molar-refractivity contribution in [2.24, 2.45) is 5.92 Å². The molecule has 12 heteroatoms. The lowest BCUT2D eigenvalue weighted by Crippen LogP contribution is -2.45. The topological polar surface area (TPSA) is 136 Å². The van der Waals surface area contributed by atoms with E-state index < -0.39 is 29.9 Å². The fourth-order valence-corrected chi connectivity index (χ4v) is 5.21. The highest BCUT2D eigenvalue weighted by molar-refractivity contribution is 7.09. The molecule has 1 aromatic rings. The van der Waals surface area contributed by atoms with Crippen LogP contribution >= 0.6 is 11.3 Å². The van der Waals surface area contributed by atoms with Crippen molar-refractivity contribution in [1.82, 2.24) is 20.5 Å². The van der Waals surface area contributed by atoms with Gasteiger partial charge in [0, 0.05) is 43.9 Å². The molecule has 43 heavy (non-hydrogen) atoms. The Hall–Kier alpha value is -2.89. The molecule has 0 aliphatic carbocycles. The van der Waals surface area contributed by atoms with Gasteiger partial charge in [-0.15, -0.1) is 11.3 Å². The van der Waals surface area contributed by atoms with Gasteiger partial charge in [-0.2, -0.15) is 0 Å². The zero-order valence-electron chi connectivity index (χ0n) is 27.5. The Labute approximate surface area is 261 Å². The SMILES string of the molecule is CCCCCCN(C(=O)CCCC)C(CC(OC(=O)NCCNC(=O)OC(C)(C)C)c1nc(C(=O)OCC)cs1)C(C)C. The van der Waals surface area contributed by atoms with Gasteiger partial charge in [0.05, 0.1) is 6.61 Å². The zero-order chi connectivity index (χ0) is 32.4. The van der Waals surface area contributed by atoms with Crippen LogP contribution in [-0.2, 0) is 19.0 Å². The van der Waals surface area contributed by atoms with E-state index in [0.29, 0.717) is 24.4 Å². The van der Waals surface area contributed by atoms with Crippen LogP contribution < -0.4 is 10.6 Å². The second-order valence-electron chi connectivity index (χ2n) is 11.8. The molecule has 2 atom stereocenters. The quantitative estimate of drug-likeness (QED) is 0.0993. The van der Waals surface area contributed by atoms with E-state index in [0.717, 1.165) is 38.5 Å². The minimum absolute atomic E-state index is 0.0773. The van der Waals surface area contributed by atoms with Gasteiger partial charge in [0.2, 0.25) is 5.91 Å². The first-order chi connectivity index (χ1) is 20.3. The summed E-state index contributed by atoms with van der Waals surface area (Å²) in [6, 6.07) is -0.215. The average molecular weight is 627 g/mol. The molecule has 0 aliphatic rings. The second-order valence-corrected chi connectivity index (χ2v) is 12.7. The Balaban J connectivity index is 3.14. The van der Waals surface area contributed by atoms with Crippen molar-refractivity contribution in [3.8, 4) is 0 Å². The maximum Gasteiger partial charge on any atom is 0.407 e.